The van der Waals surface area contributed by atoms with Crippen LogP contribution < -0.4 is 62.2 Å². The second-order valence-electron chi connectivity index (χ2n) is 1.46. The van der Waals surface area contributed by atoms with Crippen LogP contribution in [0.3, 0.4) is 0 Å². The summed E-state index contributed by atoms with van der Waals surface area (Å²) in [5, 5.41) is 9.74. The Bertz CT molecular complexity index is 76.4. The van der Waals surface area contributed by atoms with Gasteiger partial charge >= 0.3 is 51.4 Å². The van der Waals surface area contributed by atoms with E-state index in [1.54, 1.807) is 0 Å². The second-order valence-corrected chi connectivity index (χ2v) is 1.46. The van der Waals surface area contributed by atoms with Gasteiger partial charge in [-0.15, -0.1) is 0 Å². The van der Waals surface area contributed by atoms with Crippen molar-refractivity contribution in [3.63, 3.8) is 0 Å². The fraction of sp³-hybridized carbons (Fsp3) is 0.750. The van der Waals surface area contributed by atoms with Crippen LogP contribution in [0.4, 0.5) is 0 Å². The first-order chi connectivity index (χ1) is 3.18. The summed E-state index contributed by atoms with van der Waals surface area (Å²) in [6.07, 6.45) is 0. The van der Waals surface area contributed by atoms with E-state index in [0.717, 1.165) is 0 Å². The molecule has 1 atom stereocenters. The van der Waals surface area contributed by atoms with Crippen LogP contribution in [0.1, 0.15) is 6.92 Å². The quantitative estimate of drug-likeness (QED) is 0.393. The Labute approximate surface area is 91.1 Å². The summed E-state index contributed by atoms with van der Waals surface area (Å²) in [6, 6.07) is 0. The van der Waals surface area contributed by atoms with E-state index in [2.05, 4.69) is 0 Å². The van der Waals surface area contributed by atoms with Gasteiger partial charge in [-0.3, -0.25) is 0 Å². The summed E-state index contributed by atoms with van der Waals surface area (Å²) >= 11 is 0. The Morgan fingerprint density at radius 3 is 2.25 bits per heavy atom. The molecule has 3 nitrogen and oxygen atoms in total. The molecule has 0 spiro atoms. The van der Waals surface area contributed by atoms with E-state index in [1.165, 1.54) is 6.92 Å². The van der Waals surface area contributed by atoms with E-state index < -0.39 is 11.9 Å². The van der Waals surface area contributed by atoms with Crippen molar-refractivity contribution in [3.05, 3.63) is 0 Å². The predicted octanol–water partition coefficient (Wildman–Crippen LogP) is -4.66. The van der Waals surface area contributed by atoms with Gasteiger partial charge in [-0.05, 0) is 0 Å². The van der Waals surface area contributed by atoms with Gasteiger partial charge < -0.3 is 15.6 Å². The van der Waals surface area contributed by atoms with Crippen molar-refractivity contribution in [3.8, 4) is 0 Å². The van der Waals surface area contributed by atoms with E-state index in [0.29, 0.717) is 0 Å². The van der Waals surface area contributed by atoms with Gasteiger partial charge in [-0.2, -0.15) is 0 Å². The molecule has 0 aliphatic rings. The van der Waals surface area contributed by atoms with Crippen molar-refractivity contribution in [2.45, 2.75) is 6.92 Å². The first-order valence-electron chi connectivity index (χ1n) is 2.09. The Balaban J connectivity index is 0. The zero-order chi connectivity index (χ0) is 5.86. The molecule has 0 amide bonds. The van der Waals surface area contributed by atoms with Crippen LogP contribution in [0.15, 0.2) is 0 Å². The van der Waals surface area contributed by atoms with Crippen molar-refractivity contribution >= 4 is 5.97 Å². The van der Waals surface area contributed by atoms with Crippen molar-refractivity contribution in [1.29, 1.82) is 0 Å². The van der Waals surface area contributed by atoms with Gasteiger partial charge in [0.25, 0.3) is 0 Å². The molecule has 0 aliphatic carbocycles. The molecule has 0 saturated carbocycles. The molecule has 0 saturated heterocycles. The Morgan fingerprint density at radius 1 is 1.88 bits per heavy atom. The topological polar surface area (TPSA) is 66.2 Å². The second kappa shape index (κ2) is 6.19. The normalized spacial score (nSPS) is 11.8. The van der Waals surface area contributed by atoms with E-state index in [-0.39, 0.29) is 57.9 Å². The van der Waals surface area contributed by atoms with Crippen molar-refractivity contribution in [2.75, 3.05) is 6.54 Å². The summed E-state index contributed by atoms with van der Waals surface area (Å²) in [7, 11) is 0. The van der Waals surface area contributed by atoms with Gasteiger partial charge in [-0.1, -0.05) is 6.92 Å². The summed E-state index contributed by atoms with van der Waals surface area (Å²) in [5.74, 6) is -1.59. The van der Waals surface area contributed by atoms with Gasteiger partial charge in [0.1, 0.15) is 0 Å². The molecule has 0 aromatic rings. The molecule has 0 rings (SSSR count). The number of carboxylic acids is 1. The van der Waals surface area contributed by atoms with Crippen LogP contribution in [0.2, 0.25) is 0 Å². The summed E-state index contributed by atoms with van der Waals surface area (Å²) in [5.41, 5.74) is 4.95. The number of carbonyl (C=O) groups excluding carboxylic acids is 1. The van der Waals surface area contributed by atoms with Gasteiger partial charge in [0.15, 0.2) is 0 Å². The van der Waals surface area contributed by atoms with Crippen LogP contribution in [0, 0.1) is 5.92 Å². The largest absolute Gasteiger partial charge is 1.00 e. The molecule has 0 aromatic carbocycles. The van der Waals surface area contributed by atoms with Gasteiger partial charge in [0.2, 0.25) is 0 Å². The van der Waals surface area contributed by atoms with Crippen molar-refractivity contribution < 1.29 is 61.3 Å². The number of rotatable bonds is 2. The minimum Gasteiger partial charge on any atom is -0.550 e. The van der Waals surface area contributed by atoms with Crippen LogP contribution in [0.5, 0.6) is 0 Å². The minimum absolute atomic E-state index is 0. The molecule has 0 fully saturated rings. The molecular formula is C4H8KNO2. The third-order valence-corrected chi connectivity index (χ3v) is 0.756. The fourth-order valence-corrected chi connectivity index (χ4v) is 0.0962. The van der Waals surface area contributed by atoms with E-state index in [1.807, 2.05) is 0 Å². The molecule has 1 unspecified atom stereocenters. The minimum atomic E-state index is -1.08. The van der Waals surface area contributed by atoms with Crippen molar-refractivity contribution in [1.82, 2.24) is 0 Å². The molecule has 0 bridgehead atoms. The Kier molecular flexibility index (Phi) is 9.14. The molecule has 0 radical (unpaired) electrons. The van der Waals surface area contributed by atoms with Crippen LogP contribution in [0.25, 0.3) is 0 Å². The standard InChI is InChI=1S/C4H9NO2.K/c1-3(2-5)4(6)7;/h3H,2,5H2,1H3,(H,6,7);/q;+1/p-1. The molecule has 42 valence electrons. The average molecular weight is 141 g/mol. The van der Waals surface area contributed by atoms with Gasteiger partial charge in [-0.25, -0.2) is 0 Å². The molecule has 0 heterocycles. The maximum atomic E-state index is 9.74. The Hall–Kier alpha value is 1.07. The summed E-state index contributed by atoms with van der Waals surface area (Å²) < 4.78 is 0. The van der Waals surface area contributed by atoms with E-state index in [4.69, 9.17) is 5.73 Å². The van der Waals surface area contributed by atoms with E-state index in [9.17, 15) is 9.90 Å². The summed E-state index contributed by atoms with van der Waals surface area (Å²) in [6.45, 7) is 1.66. The molecule has 4 heteroatoms. The van der Waals surface area contributed by atoms with Crippen molar-refractivity contribution in [2.24, 2.45) is 11.7 Å². The number of hydrogen-bond donors (Lipinski definition) is 1. The maximum absolute atomic E-state index is 9.74. The third kappa shape index (κ3) is 5.21. The van der Waals surface area contributed by atoms with E-state index >= 15 is 0 Å². The summed E-state index contributed by atoms with van der Waals surface area (Å²) in [4.78, 5) is 9.74. The molecule has 2 N–H and O–H groups in total. The SMILES string of the molecule is CC(CN)C(=O)[O-].[K+]. The molecule has 8 heavy (non-hydrogen) atoms. The number of aliphatic carboxylic acids is 1. The molecule has 0 aromatic heterocycles. The molecular weight excluding hydrogens is 133 g/mol. The predicted molar refractivity (Wildman–Crippen MR) is 23.2 cm³/mol. The van der Waals surface area contributed by atoms with Crippen LogP contribution in [-0.4, -0.2) is 12.5 Å². The number of carbonyl (C=O) groups is 1. The first-order valence-corrected chi connectivity index (χ1v) is 2.09. The third-order valence-electron chi connectivity index (χ3n) is 0.756. The first kappa shape index (κ1) is 11.8. The smallest absolute Gasteiger partial charge is 0.550 e. The monoisotopic (exact) mass is 141 g/mol. The zero-order valence-electron chi connectivity index (χ0n) is 5.18. The number of hydrogen-bond acceptors (Lipinski definition) is 3. The maximum Gasteiger partial charge on any atom is 1.00 e. The number of nitrogens with two attached hydrogens (primary N) is 1. The van der Waals surface area contributed by atoms with Crippen LogP contribution >= 0.6 is 0 Å². The van der Waals surface area contributed by atoms with Crippen LogP contribution in [-0.2, 0) is 4.79 Å². The van der Waals surface area contributed by atoms with Gasteiger partial charge in [0, 0.05) is 18.4 Å². The zero-order valence-corrected chi connectivity index (χ0v) is 8.30. The molecule has 0 aliphatic heterocycles. The number of carboxylic acid groups (broad SMARTS) is 1. The Morgan fingerprint density at radius 2 is 2.25 bits per heavy atom. The average Bonchev–Trinajstić information content (AvgIpc) is 1.65. The van der Waals surface area contributed by atoms with Gasteiger partial charge in [0.05, 0.1) is 0 Å². The fourth-order valence-electron chi connectivity index (χ4n) is 0.0962.